The molecule has 0 unspecified atom stereocenters. The molecular weight excluding hydrogens is 514 g/mol. The van der Waals surface area contributed by atoms with Gasteiger partial charge in [0.05, 0.1) is 23.4 Å². The zero-order valence-corrected chi connectivity index (χ0v) is 24.1. The maximum absolute atomic E-state index is 14.3. The van der Waals surface area contributed by atoms with Gasteiger partial charge in [-0.25, -0.2) is 4.52 Å². The topological polar surface area (TPSA) is 102 Å². The van der Waals surface area contributed by atoms with Crippen LogP contribution in [0.4, 0.5) is 0 Å². The molecule has 2 aromatic carbocycles. The fourth-order valence-corrected chi connectivity index (χ4v) is 5.85. The molecule has 0 spiro atoms. The first-order valence-electron chi connectivity index (χ1n) is 14.6. The van der Waals surface area contributed by atoms with Crippen LogP contribution in [0.15, 0.2) is 53.3 Å². The maximum atomic E-state index is 14.3. The van der Waals surface area contributed by atoms with Gasteiger partial charge in [-0.15, -0.1) is 0 Å². The van der Waals surface area contributed by atoms with Crippen molar-refractivity contribution >= 4 is 11.6 Å². The van der Waals surface area contributed by atoms with Crippen molar-refractivity contribution in [3.8, 4) is 17.2 Å². The standard InChI is InChI=1S/C33H37N5O3/c1-4-8-31-30(19-23-11-13-24(14-12-23)29-10-7-6-9-25(29)20-34)32(40)37(33-35-22(3)36-38(31)33)26-15-17-28(18-16-26)41-21-27(39)5-2/h6-7,9-14,26,28H,4-5,8,15-19,21H2,1-3H3/t26-,28-. The quantitative estimate of drug-likeness (QED) is 0.248. The molecule has 5 rings (SSSR count). The predicted octanol–water partition coefficient (Wildman–Crippen LogP) is 5.76. The van der Waals surface area contributed by atoms with Crippen molar-refractivity contribution in [3.05, 3.63) is 87.1 Å². The van der Waals surface area contributed by atoms with Crippen molar-refractivity contribution in [2.45, 2.75) is 84.3 Å². The van der Waals surface area contributed by atoms with Crippen LogP contribution < -0.4 is 5.56 Å². The highest BCUT2D eigenvalue weighted by Gasteiger charge is 2.28. The molecule has 8 nitrogen and oxygen atoms in total. The van der Waals surface area contributed by atoms with Crippen LogP contribution in [0.2, 0.25) is 0 Å². The Morgan fingerprint density at radius 3 is 2.49 bits per heavy atom. The normalized spacial score (nSPS) is 17.0. The molecular formula is C33H37N5O3. The summed E-state index contributed by atoms with van der Waals surface area (Å²) >= 11 is 0. The number of fused-ring (bicyclic) bond motifs is 1. The van der Waals surface area contributed by atoms with E-state index in [1.165, 1.54) is 0 Å². The molecule has 212 valence electrons. The number of carbonyl (C=O) groups excluding carboxylic acids is 1. The smallest absolute Gasteiger partial charge is 0.259 e. The molecule has 1 saturated carbocycles. The number of nitrogens with zero attached hydrogens (tertiary/aromatic N) is 5. The molecule has 1 aliphatic carbocycles. The number of ether oxygens (including phenoxy) is 1. The first kappa shape index (κ1) is 28.4. The van der Waals surface area contributed by atoms with Gasteiger partial charge in [0, 0.05) is 24.4 Å². The summed E-state index contributed by atoms with van der Waals surface area (Å²) in [5.74, 6) is 1.36. The van der Waals surface area contributed by atoms with Gasteiger partial charge < -0.3 is 4.74 Å². The number of ketones is 1. The summed E-state index contributed by atoms with van der Waals surface area (Å²) in [6.07, 6.45) is 5.78. The third kappa shape index (κ3) is 6.01. The number of hydrogen-bond donors (Lipinski definition) is 0. The lowest BCUT2D eigenvalue weighted by Crippen LogP contribution is -2.35. The molecule has 0 bridgehead atoms. The van der Waals surface area contributed by atoms with Gasteiger partial charge in [0.15, 0.2) is 5.78 Å². The van der Waals surface area contributed by atoms with Crippen molar-refractivity contribution < 1.29 is 9.53 Å². The fraction of sp³-hybridized carbons (Fsp3) is 0.424. The first-order valence-corrected chi connectivity index (χ1v) is 14.6. The zero-order valence-electron chi connectivity index (χ0n) is 24.1. The maximum Gasteiger partial charge on any atom is 0.259 e. The van der Waals surface area contributed by atoms with E-state index in [4.69, 9.17) is 14.8 Å². The minimum absolute atomic E-state index is 0.00205. The number of nitriles is 1. The highest BCUT2D eigenvalue weighted by molar-refractivity contribution is 5.79. The minimum atomic E-state index is -0.00499. The number of hydrogen-bond acceptors (Lipinski definition) is 6. The Balaban J connectivity index is 1.48. The van der Waals surface area contributed by atoms with E-state index >= 15 is 0 Å². The molecule has 2 heterocycles. The number of aromatic nitrogens is 4. The zero-order chi connectivity index (χ0) is 28.9. The van der Waals surface area contributed by atoms with Gasteiger partial charge in [-0.3, -0.25) is 14.2 Å². The minimum Gasteiger partial charge on any atom is -0.370 e. The highest BCUT2D eigenvalue weighted by Crippen LogP contribution is 2.31. The first-order chi connectivity index (χ1) is 19.9. The highest BCUT2D eigenvalue weighted by atomic mass is 16.5. The van der Waals surface area contributed by atoms with Crippen LogP contribution in [-0.2, 0) is 22.4 Å². The van der Waals surface area contributed by atoms with E-state index in [0.717, 1.165) is 66.5 Å². The molecule has 4 aromatic rings. The van der Waals surface area contributed by atoms with Crippen LogP contribution in [0.25, 0.3) is 16.9 Å². The molecule has 8 heteroatoms. The van der Waals surface area contributed by atoms with E-state index in [0.29, 0.717) is 30.0 Å². The van der Waals surface area contributed by atoms with Crippen LogP contribution in [-0.4, -0.2) is 37.7 Å². The van der Waals surface area contributed by atoms with Gasteiger partial charge in [0.1, 0.15) is 12.4 Å². The van der Waals surface area contributed by atoms with E-state index in [2.05, 4.69) is 13.0 Å². The molecule has 41 heavy (non-hydrogen) atoms. The summed E-state index contributed by atoms with van der Waals surface area (Å²) in [5, 5.41) is 14.2. The Morgan fingerprint density at radius 1 is 1.07 bits per heavy atom. The second-order valence-corrected chi connectivity index (χ2v) is 10.9. The Hall–Kier alpha value is -4.09. The van der Waals surface area contributed by atoms with Crippen LogP contribution in [0.5, 0.6) is 0 Å². The van der Waals surface area contributed by atoms with E-state index in [-0.39, 0.29) is 30.1 Å². The molecule has 1 fully saturated rings. The molecule has 2 aromatic heterocycles. The molecule has 0 amide bonds. The summed E-state index contributed by atoms with van der Waals surface area (Å²) in [5.41, 5.74) is 5.20. The Kier molecular flexibility index (Phi) is 8.75. The van der Waals surface area contributed by atoms with E-state index in [1.54, 1.807) is 0 Å². The van der Waals surface area contributed by atoms with Crippen LogP contribution in [0, 0.1) is 18.3 Å². The average molecular weight is 552 g/mol. The number of benzene rings is 2. The van der Waals surface area contributed by atoms with Crippen molar-refractivity contribution in [3.63, 3.8) is 0 Å². The van der Waals surface area contributed by atoms with Crippen molar-refractivity contribution in [2.75, 3.05) is 6.61 Å². The second-order valence-electron chi connectivity index (χ2n) is 10.9. The summed E-state index contributed by atoms with van der Waals surface area (Å²) in [7, 11) is 0. The summed E-state index contributed by atoms with van der Waals surface area (Å²) in [6, 6.07) is 18.0. The van der Waals surface area contributed by atoms with Crippen molar-refractivity contribution in [1.82, 2.24) is 19.2 Å². The van der Waals surface area contributed by atoms with Gasteiger partial charge in [-0.1, -0.05) is 62.7 Å². The van der Waals surface area contributed by atoms with Gasteiger partial charge in [0.25, 0.3) is 5.56 Å². The van der Waals surface area contributed by atoms with E-state index < -0.39 is 0 Å². The monoisotopic (exact) mass is 551 g/mol. The number of rotatable bonds is 10. The van der Waals surface area contributed by atoms with E-state index in [1.807, 2.05) is 71.5 Å². The SMILES string of the molecule is CCCc1c(Cc2ccc(-c3ccccc3C#N)cc2)c(=O)n([C@H]2CC[C@H](OCC(=O)CC)CC2)c2nc(C)nn12. The third-order valence-electron chi connectivity index (χ3n) is 8.06. The molecule has 0 N–H and O–H groups in total. The van der Waals surface area contributed by atoms with Crippen molar-refractivity contribution in [1.29, 1.82) is 5.26 Å². The lowest BCUT2D eigenvalue weighted by Gasteiger charge is -2.30. The Morgan fingerprint density at radius 2 is 1.80 bits per heavy atom. The summed E-state index contributed by atoms with van der Waals surface area (Å²) in [4.78, 5) is 30.7. The Labute approximate surface area is 240 Å². The van der Waals surface area contributed by atoms with Crippen LogP contribution in [0.1, 0.15) is 86.6 Å². The lowest BCUT2D eigenvalue weighted by molar-refractivity contribution is -0.126. The lowest BCUT2D eigenvalue weighted by atomic mass is 9.92. The largest absolute Gasteiger partial charge is 0.370 e. The summed E-state index contributed by atoms with van der Waals surface area (Å²) in [6.45, 7) is 5.99. The molecule has 1 aliphatic rings. The molecule has 0 aliphatic heterocycles. The van der Waals surface area contributed by atoms with Gasteiger partial charge in [-0.2, -0.15) is 15.3 Å². The molecule has 0 saturated heterocycles. The number of aryl methyl sites for hydroxylation is 2. The molecule has 0 atom stereocenters. The van der Waals surface area contributed by atoms with Crippen LogP contribution >= 0.6 is 0 Å². The summed E-state index contributed by atoms with van der Waals surface area (Å²) < 4.78 is 9.61. The third-order valence-corrected chi connectivity index (χ3v) is 8.06. The number of carbonyl (C=O) groups is 1. The molecule has 0 radical (unpaired) electrons. The fourth-order valence-electron chi connectivity index (χ4n) is 5.85. The van der Waals surface area contributed by atoms with Crippen LogP contribution in [0.3, 0.4) is 0 Å². The Bertz CT molecular complexity index is 1640. The predicted molar refractivity (Wildman–Crippen MR) is 158 cm³/mol. The van der Waals surface area contributed by atoms with Gasteiger partial charge in [-0.05, 0) is 61.8 Å². The van der Waals surface area contributed by atoms with Gasteiger partial charge >= 0.3 is 0 Å². The number of Topliss-reactive ketones (excluding diaryl/α,β-unsaturated/α-hetero) is 1. The van der Waals surface area contributed by atoms with Crippen molar-refractivity contribution in [2.24, 2.45) is 0 Å². The van der Waals surface area contributed by atoms with Gasteiger partial charge in [0.2, 0.25) is 5.78 Å². The second kappa shape index (κ2) is 12.6. The van der Waals surface area contributed by atoms with E-state index in [9.17, 15) is 14.9 Å². The average Bonchev–Trinajstić information content (AvgIpc) is 3.39.